The second-order valence-corrected chi connectivity index (χ2v) is 6.85. The molecule has 5 heteroatoms. The molecule has 4 atom stereocenters. The van der Waals surface area contributed by atoms with Gasteiger partial charge in [0.2, 0.25) is 5.91 Å². The minimum atomic E-state index is -0.865. The highest BCUT2D eigenvalue weighted by Gasteiger charge is 2.57. The number of ether oxygens (including phenoxy) is 1. The van der Waals surface area contributed by atoms with E-state index in [1.165, 1.54) is 5.57 Å². The van der Waals surface area contributed by atoms with Gasteiger partial charge in [-0.3, -0.25) is 9.59 Å². The van der Waals surface area contributed by atoms with Crippen LogP contribution in [0.4, 0.5) is 5.69 Å². The molecule has 2 saturated carbocycles. The van der Waals surface area contributed by atoms with Crippen LogP contribution < -0.4 is 10.1 Å². The molecule has 2 aliphatic rings. The van der Waals surface area contributed by atoms with E-state index in [0.29, 0.717) is 11.4 Å². The van der Waals surface area contributed by atoms with Crippen molar-refractivity contribution in [2.75, 3.05) is 12.4 Å². The highest BCUT2D eigenvalue weighted by atomic mass is 16.5. The lowest BCUT2D eigenvalue weighted by molar-refractivity contribution is -0.148. The number of carboxylic acid groups (broad SMARTS) is 1. The van der Waals surface area contributed by atoms with Gasteiger partial charge in [-0.25, -0.2) is 0 Å². The van der Waals surface area contributed by atoms with Crippen molar-refractivity contribution < 1.29 is 19.4 Å². The van der Waals surface area contributed by atoms with E-state index in [2.05, 4.69) is 5.32 Å². The molecule has 24 heavy (non-hydrogen) atoms. The lowest BCUT2D eigenvalue weighted by Gasteiger charge is -2.26. The molecule has 3 rings (SSSR count). The Bertz CT molecular complexity index is 688. The van der Waals surface area contributed by atoms with Crippen LogP contribution in [-0.2, 0) is 9.59 Å². The third-order valence-electron chi connectivity index (χ3n) is 5.36. The number of carboxylic acids is 1. The standard InChI is InChI=1S/C19H23NO4/c1-10(2)15-13-8-9-14(15)17(19(22)23)16(13)18(21)20-11-4-6-12(24-3)7-5-11/h4-7,13-14,16-17H,8-9H2,1-3H3,(H,20,21)(H,22,23)/t13-,14-,16+,17+/m0/s1. The highest BCUT2D eigenvalue weighted by Crippen LogP contribution is 2.57. The number of amides is 1. The number of fused-ring (bicyclic) bond motifs is 2. The van der Waals surface area contributed by atoms with Gasteiger partial charge in [0.15, 0.2) is 0 Å². The van der Waals surface area contributed by atoms with Crippen molar-refractivity contribution in [2.24, 2.45) is 23.7 Å². The number of carbonyl (C=O) groups excluding carboxylic acids is 1. The molecule has 0 radical (unpaired) electrons. The number of hydrogen-bond acceptors (Lipinski definition) is 3. The van der Waals surface area contributed by atoms with E-state index in [4.69, 9.17) is 4.74 Å². The predicted octanol–water partition coefficient (Wildman–Crippen LogP) is 3.33. The summed E-state index contributed by atoms with van der Waals surface area (Å²) in [6.07, 6.45) is 1.77. The molecule has 0 unspecified atom stereocenters. The average Bonchev–Trinajstić information content (AvgIpc) is 3.11. The Kier molecular flexibility index (Phi) is 4.35. The quantitative estimate of drug-likeness (QED) is 0.831. The Morgan fingerprint density at radius 3 is 2.17 bits per heavy atom. The first-order valence-electron chi connectivity index (χ1n) is 8.29. The van der Waals surface area contributed by atoms with Gasteiger partial charge in [0, 0.05) is 5.69 Å². The molecule has 2 bridgehead atoms. The van der Waals surface area contributed by atoms with Gasteiger partial charge in [-0.2, -0.15) is 0 Å². The van der Waals surface area contributed by atoms with E-state index < -0.39 is 17.8 Å². The first-order valence-corrected chi connectivity index (χ1v) is 8.29. The maximum atomic E-state index is 12.8. The fourth-order valence-electron chi connectivity index (χ4n) is 4.50. The zero-order valence-corrected chi connectivity index (χ0v) is 14.2. The van der Waals surface area contributed by atoms with Crippen LogP contribution in [0.3, 0.4) is 0 Å². The average molecular weight is 329 g/mol. The van der Waals surface area contributed by atoms with Gasteiger partial charge in [0.1, 0.15) is 5.75 Å². The van der Waals surface area contributed by atoms with E-state index in [1.807, 2.05) is 13.8 Å². The second-order valence-electron chi connectivity index (χ2n) is 6.85. The molecule has 2 fully saturated rings. The fraction of sp³-hybridized carbons (Fsp3) is 0.474. The lowest BCUT2D eigenvalue weighted by atomic mass is 9.78. The molecule has 1 aromatic rings. The summed E-state index contributed by atoms with van der Waals surface area (Å²) in [6.45, 7) is 4.03. The molecule has 2 N–H and O–H groups in total. The topological polar surface area (TPSA) is 75.6 Å². The van der Waals surface area contributed by atoms with Crippen LogP contribution >= 0.6 is 0 Å². The minimum absolute atomic E-state index is 0.00381. The lowest BCUT2D eigenvalue weighted by Crippen LogP contribution is -2.37. The zero-order valence-electron chi connectivity index (χ0n) is 14.2. The summed E-state index contributed by atoms with van der Waals surface area (Å²) in [5, 5.41) is 12.6. The van der Waals surface area contributed by atoms with Gasteiger partial charge < -0.3 is 15.2 Å². The van der Waals surface area contributed by atoms with E-state index in [1.54, 1.807) is 31.4 Å². The number of aliphatic carboxylic acids is 1. The molecule has 2 aliphatic carbocycles. The van der Waals surface area contributed by atoms with Crippen molar-refractivity contribution in [3.8, 4) is 5.75 Å². The van der Waals surface area contributed by atoms with E-state index in [-0.39, 0.29) is 17.7 Å². The SMILES string of the molecule is COc1ccc(NC(=O)[C@H]2[C@H](C(=O)O)[C@H]3CC[C@H]2C3=C(C)C)cc1. The molecule has 1 aromatic carbocycles. The Morgan fingerprint density at radius 1 is 1.08 bits per heavy atom. The van der Waals surface area contributed by atoms with E-state index in [9.17, 15) is 14.7 Å². The van der Waals surface area contributed by atoms with E-state index >= 15 is 0 Å². The largest absolute Gasteiger partial charge is 0.497 e. The summed E-state index contributed by atoms with van der Waals surface area (Å²) in [4.78, 5) is 24.6. The Labute approximate surface area is 141 Å². The summed E-state index contributed by atoms with van der Waals surface area (Å²) in [7, 11) is 1.58. The predicted molar refractivity (Wildman–Crippen MR) is 90.8 cm³/mol. The second kappa shape index (κ2) is 6.30. The summed E-state index contributed by atoms with van der Waals surface area (Å²) in [5.74, 6) is -1.40. The first kappa shape index (κ1) is 16.6. The van der Waals surface area contributed by atoms with Crippen LogP contribution in [0.15, 0.2) is 35.4 Å². The fourth-order valence-corrected chi connectivity index (χ4v) is 4.50. The molecular weight excluding hydrogens is 306 g/mol. The molecule has 128 valence electrons. The summed E-state index contributed by atoms with van der Waals surface area (Å²) in [6, 6.07) is 7.07. The number of benzene rings is 1. The van der Waals surface area contributed by atoms with Crippen molar-refractivity contribution in [2.45, 2.75) is 26.7 Å². The van der Waals surface area contributed by atoms with Crippen LogP contribution in [0, 0.1) is 23.7 Å². The van der Waals surface area contributed by atoms with E-state index in [0.717, 1.165) is 18.4 Å². The molecule has 5 nitrogen and oxygen atoms in total. The first-order chi connectivity index (χ1) is 11.4. The molecular formula is C19H23NO4. The van der Waals surface area contributed by atoms with Gasteiger partial charge in [0.05, 0.1) is 18.9 Å². The zero-order chi connectivity index (χ0) is 17.4. The molecule has 1 amide bonds. The molecule has 0 aromatic heterocycles. The van der Waals surface area contributed by atoms with Crippen molar-refractivity contribution in [3.63, 3.8) is 0 Å². The Balaban J connectivity index is 1.85. The van der Waals surface area contributed by atoms with Gasteiger partial charge in [-0.05, 0) is 62.8 Å². The molecule has 0 spiro atoms. The van der Waals surface area contributed by atoms with Crippen LogP contribution in [0.5, 0.6) is 5.75 Å². The molecule has 0 heterocycles. The van der Waals surface area contributed by atoms with Crippen LogP contribution in [-0.4, -0.2) is 24.1 Å². The number of hydrogen-bond donors (Lipinski definition) is 2. The Hall–Kier alpha value is -2.30. The van der Waals surface area contributed by atoms with Gasteiger partial charge in [0.25, 0.3) is 0 Å². The maximum Gasteiger partial charge on any atom is 0.307 e. The smallest absolute Gasteiger partial charge is 0.307 e. The number of rotatable bonds is 4. The number of anilines is 1. The van der Waals surface area contributed by atoms with Crippen molar-refractivity contribution in [3.05, 3.63) is 35.4 Å². The third-order valence-corrected chi connectivity index (χ3v) is 5.36. The molecule has 0 aliphatic heterocycles. The minimum Gasteiger partial charge on any atom is -0.497 e. The van der Waals surface area contributed by atoms with Crippen LogP contribution in [0.25, 0.3) is 0 Å². The highest BCUT2D eigenvalue weighted by molar-refractivity contribution is 5.96. The van der Waals surface area contributed by atoms with Crippen LogP contribution in [0.1, 0.15) is 26.7 Å². The summed E-state index contributed by atoms with van der Waals surface area (Å²) < 4.78 is 5.11. The van der Waals surface area contributed by atoms with Crippen LogP contribution in [0.2, 0.25) is 0 Å². The van der Waals surface area contributed by atoms with Gasteiger partial charge in [-0.1, -0.05) is 11.1 Å². The monoisotopic (exact) mass is 329 g/mol. The summed E-state index contributed by atoms with van der Waals surface area (Å²) >= 11 is 0. The number of nitrogens with one attached hydrogen (secondary N) is 1. The number of methoxy groups -OCH3 is 1. The maximum absolute atomic E-state index is 12.8. The molecule has 0 saturated heterocycles. The van der Waals surface area contributed by atoms with Gasteiger partial charge in [-0.15, -0.1) is 0 Å². The number of carbonyl (C=O) groups is 2. The number of allylic oxidation sites excluding steroid dienone is 2. The van der Waals surface area contributed by atoms with Crippen molar-refractivity contribution in [1.82, 2.24) is 0 Å². The Morgan fingerprint density at radius 2 is 1.67 bits per heavy atom. The summed E-state index contributed by atoms with van der Waals surface area (Å²) in [5.41, 5.74) is 3.01. The third kappa shape index (κ3) is 2.68. The normalized spacial score (nSPS) is 27.9. The van der Waals surface area contributed by atoms with Crippen molar-refractivity contribution >= 4 is 17.6 Å². The van der Waals surface area contributed by atoms with Gasteiger partial charge >= 0.3 is 5.97 Å². The van der Waals surface area contributed by atoms with Crippen molar-refractivity contribution in [1.29, 1.82) is 0 Å².